The van der Waals surface area contributed by atoms with Gasteiger partial charge in [0.2, 0.25) is 0 Å². The number of nitrogen functional groups attached to an aromatic ring is 1. The largest absolute Gasteiger partial charge is 0.397 e. The molecule has 100 valence electrons. The zero-order valence-corrected chi connectivity index (χ0v) is 11.4. The van der Waals surface area contributed by atoms with Gasteiger partial charge in [-0.2, -0.15) is 0 Å². The highest BCUT2D eigenvalue weighted by molar-refractivity contribution is 7.21. The van der Waals surface area contributed by atoms with E-state index in [0.717, 1.165) is 0 Å². The average Bonchev–Trinajstić information content (AvgIpc) is 2.68. The summed E-state index contributed by atoms with van der Waals surface area (Å²) in [4.78, 5) is 12.5. The van der Waals surface area contributed by atoms with Crippen molar-refractivity contribution in [2.75, 3.05) is 5.73 Å². The maximum Gasteiger partial charge on any atom is 0.263 e. The molecule has 1 heterocycles. The van der Waals surface area contributed by atoms with E-state index in [-0.39, 0.29) is 17.6 Å². The molecule has 1 aromatic heterocycles. The van der Waals surface area contributed by atoms with Gasteiger partial charge in [-0.05, 0) is 25.5 Å². The molecule has 2 aromatic rings. The minimum Gasteiger partial charge on any atom is -0.397 e. The Morgan fingerprint density at radius 2 is 2.37 bits per heavy atom. The molecule has 0 spiro atoms. The summed E-state index contributed by atoms with van der Waals surface area (Å²) in [5, 5.41) is 3.14. The summed E-state index contributed by atoms with van der Waals surface area (Å²) in [7, 11) is 0. The van der Waals surface area contributed by atoms with Gasteiger partial charge >= 0.3 is 0 Å². The van der Waals surface area contributed by atoms with Crippen molar-refractivity contribution in [1.82, 2.24) is 5.32 Å². The van der Waals surface area contributed by atoms with Crippen molar-refractivity contribution in [3.05, 3.63) is 41.5 Å². The number of nitrogens with two attached hydrogens (primary N) is 1. The van der Waals surface area contributed by atoms with Gasteiger partial charge in [0, 0.05) is 10.7 Å². The van der Waals surface area contributed by atoms with Crippen molar-refractivity contribution < 1.29 is 9.18 Å². The molecule has 0 radical (unpaired) electrons. The summed E-state index contributed by atoms with van der Waals surface area (Å²) in [6.07, 6.45) is 2.41. The van der Waals surface area contributed by atoms with Crippen LogP contribution in [-0.4, -0.2) is 11.9 Å². The highest BCUT2D eigenvalue weighted by Gasteiger charge is 2.19. The van der Waals surface area contributed by atoms with E-state index in [1.807, 2.05) is 6.92 Å². The molecule has 0 aliphatic rings. The number of halogens is 1. The molecular formula is C14H15FN2OS. The molecule has 0 saturated heterocycles. The number of carbonyl (C=O) groups excluding carboxylic acids is 1. The lowest BCUT2D eigenvalue weighted by atomic mass is 10.2. The molecule has 3 N–H and O–H groups in total. The van der Waals surface area contributed by atoms with Crippen LogP contribution in [0.1, 0.15) is 23.0 Å². The third-order valence-corrected chi connectivity index (χ3v) is 3.97. The molecule has 1 unspecified atom stereocenters. The lowest BCUT2D eigenvalue weighted by Crippen LogP contribution is -2.31. The minimum absolute atomic E-state index is 0.0283. The Hall–Kier alpha value is -1.88. The fourth-order valence-corrected chi connectivity index (χ4v) is 2.94. The van der Waals surface area contributed by atoms with Gasteiger partial charge in [0.1, 0.15) is 10.7 Å². The summed E-state index contributed by atoms with van der Waals surface area (Å²) in [6, 6.07) is 4.67. The highest BCUT2D eigenvalue weighted by Crippen LogP contribution is 2.35. The number of hydrogen-bond acceptors (Lipinski definition) is 3. The van der Waals surface area contributed by atoms with E-state index < -0.39 is 5.82 Å². The van der Waals surface area contributed by atoms with Crippen molar-refractivity contribution in [1.29, 1.82) is 0 Å². The number of carbonyl (C=O) groups is 1. The molecule has 0 saturated carbocycles. The molecular weight excluding hydrogens is 263 g/mol. The summed E-state index contributed by atoms with van der Waals surface area (Å²) in [6.45, 7) is 5.50. The van der Waals surface area contributed by atoms with Crippen molar-refractivity contribution in [2.45, 2.75) is 19.4 Å². The van der Waals surface area contributed by atoms with Gasteiger partial charge in [-0.25, -0.2) is 4.39 Å². The predicted molar refractivity (Wildman–Crippen MR) is 77.9 cm³/mol. The SMILES string of the molecule is C=CCC(C)NC(=O)c1sc2cccc(F)c2c1N. The Morgan fingerprint density at radius 3 is 3.00 bits per heavy atom. The van der Waals surface area contributed by atoms with Gasteiger partial charge in [0.05, 0.1) is 11.1 Å². The van der Waals surface area contributed by atoms with E-state index in [2.05, 4.69) is 11.9 Å². The van der Waals surface area contributed by atoms with E-state index >= 15 is 0 Å². The molecule has 1 atom stereocenters. The molecule has 2 rings (SSSR count). The zero-order chi connectivity index (χ0) is 14.0. The fraction of sp³-hybridized carbons (Fsp3) is 0.214. The van der Waals surface area contributed by atoms with Crippen LogP contribution in [0, 0.1) is 5.82 Å². The van der Waals surface area contributed by atoms with E-state index in [4.69, 9.17) is 5.73 Å². The van der Waals surface area contributed by atoms with Gasteiger partial charge < -0.3 is 11.1 Å². The number of benzene rings is 1. The van der Waals surface area contributed by atoms with Crippen molar-refractivity contribution in [2.24, 2.45) is 0 Å². The summed E-state index contributed by atoms with van der Waals surface area (Å²) in [5.41, 5.74) is 6.09. The molecule has 5 heteroatoms. The molecule has 3 nitrogen and oxygen atoms in total. The topological polar surface area (TPSA) is 55.1 Å². The second kappa shape index (κ2) is 5.40. The van der Waals surface area contributed by atoms with Crippen LogP contribution in [0.3, 0.4) is 0 Å². The van der Waals surface area contributed by atoms with Gasteiger partial charge in [0.25, 0.3) is 5.91 Å². The van der Waals surface area contributed by atoms with Crippen LogP contribution < -0.4 is 11.1 Å². The molecule has 0 bridgehead atoms. The minimum atomic E-state index is -0.399. The van der Waals surface area contributed by atoms with Gasteiger partial charge in [-0.3, -0.25) is 4.79 Å². The van der Waals surface area contributed by atoms with E-state index in [0.29, 0.717) is 21.4 Å². The van der Waals surface area contributed by atoms with Crippen LogP contribution >= 0.6 is 11.3 Å². The summed E-state index contributed by atoms with van der Waals surface area (Å²) in [5.74, 6) is -0.670. The lowest BCUT2D eigenvalue weighted by Gasteiger charge is -2.10. The molecule has 1 aromatic carbocycles. The van der Waals surface area contributed by atoms with Gasteiger partial charge in [0.15, 0.2) is 0 Å². The third kappa shape index (κ3) is 2.61. The third-order valence-electron chi connectivity index (χ3n) is 2.81. The van der Waals surface area contributed by atoms with E-state index in [1.165, 1.54) is 17.4 Å². The average molecular weight is 278 g/mol. The maximum atomic E-state index is 13.7. The Morgan fingerprint density at radius 1 is 1.63 bits per heavy atom. The second-order valence-corrected chi connectivity index (χ2v) is 5.41. The Kier molecular flexibility index (Phi) is 3.85. The predicted octanol–water partition coefficient (Wildman–Crippen LogP) is 3.32. The smallest absolute Gasteiger partial charge is 0.263 e. The van der Waals surface area contributed by atoms with Crippen LogP contribution in [0.25, 0.3) is 10.1 Å². The lowest BCUT2D eigenvalue weighted by molar-refractivity contribution is 0.0945. The van der Waals surface area contributed by atoms with Crippen molar-refractivity contribution in [3.8, 4) is 0 Å². The molecule has 19 heavy (non-hydrogen) atoms. The first-order chi connectivity index (χ1) is 9.04. The number of anilines is 1. The van der Waals surface area contributed by atoms with E-state index in [9.17, 15) is 9.18 Å². The van der Waals surface area contributed by atoms with Crippen molar-refractivity contribution >= 4 is 33.0 Å². The number of amides is 1. The van der Waals surface area contributed by atoms with Crippen LogP contribution in [0.15, 0.2) is 30.9 Å². The molecule has 0 fully saturated rings. The number of fused-ring (bicyclic) bond motifs is 1. The monoisotopic (exact) mass is 278 g/mol. The highest BCUT2D eigenvalue weighted by atomic mass is 32.1. The Balaban J connectivity index is 2.35. The van der Waals surface area contributed by atoms with Gasteiger partial charge in [-0.1, -0.05) is 12.1 Å². The fourth-order valence-electron chi connectivity index (χ4n) is 1.90. The van der Waals surface area contributed by atoms with Crippen LogP contribution in [0.5, 0.6) is 0 Å². The molecule has 0 aliphatic heterocycles. The summed E-state index contributed by atoms with van der Waals surface area (Å²) >= 11 is 1.20. The quantitative estimate of drug-likeness (QED) is 0.843. The Labute approximate surface area is 114 Å². The number of thiophene rings is 1. The first-order valence-corrected chi connectivity index (χ1v) is 6.74. The Bertz CT molecular complexity index is 636. The zero-order valence-electron chi connectivity index (χ0n) is 10.6. The first-order valence-electron chi connectivity index (χ1n) is 5.92. The maximum absolute atomic E-state index is 13.7. The van der Waals surface area contributed by atoms with Gasteiger partial charge in [-0.15, -0.1) is 17.9 Å². The van der Waals surface area contributed by atoms with Crippen LogP contribution in [-0.2, 0) is 0 Å². The van der Waals surface area contributed by atoms with Crippen LogP contribution in [0.4, 0.5) is 10.1 Å². The molecule has 0 aliphatic carbocycles. The van der Waals surface area contributed by atoms with E-state index in [1.54, 1.807) is 18.2 Å². The van der Waals surface area contributed by atoms with Crippen LogP contribution in [0.2, 0.25) is 0 Å². The molecule has 1 amide bonds. The second-order valence-electron chi connectivity index (χ2n) is 4.36. The summed E-state index contributed by atoms with van der Waals surface area (Å²) < 4.78 is 14.4. The normalized spacial score (nSPS) is 12.3. The number of hydrogen-bond donors (Lipinski definition) is 2. The standard InChI is InChI=1S/C14H15FN2OS/c1-3-5-8(2)17-14(18)13-12(16)11-9(15)6-4-7-10(11)19-13/h3-4,6-8H,1,5,16H2,2H3,(H,17,18). The first kappa shape index (κ1) is 13.5. The number of rotatable bonds is 4. The van der Waals surface area contributed by atoms with Crippen molar-refractivity contribution in [3.63, 3.8) is 0 Å². The number of nitrogens with one attached hydrogen (secondary N) is 1.